The number of hydrogen-bond donors (Lipinski definition) is 1. The van der Waals surface area contributed by atoms with Gasteiger partial charge in [-0.2, -0.15) is 0 Å². The van der Waals surface area contributed by atoms with Gasteiger partial charge in [0, 0.05) is 12.6 Å². The zero-order chi connectivity index (χ0) is 16.9. The maximum Gasteiger partial charge on any atom is 0.292 e. The summed E-state index contributed by atoms with van der Waals surface area (Å²) >= 11 is 0. The average molecular weight is 326 g/mol. The number of carbonyl (C=O) groups is 1. The second-order valence-electron chi connectivity index (χ2n) is 5.54. The van der Waals surface area contributed by atoms with Gasteiger partial charge in [-0.15, -0.1) is 0 Å². The van der Waals surface area contributed by atoms with Gasteiger partial charge in [0.1, 0.15) is 11.9 Å². The van der Waals surface area contributed by atoms with E-state index in [1.54, 1.807) is 25.1 Å². The van der Waals surface area contributed by atoms with Gasteiger partial charge >= 0.3 is 0 Å². The van der Waals surface area contributed by atoms with Crippen molar-refractivity contribution in [2.45, 2.75) is 19.6 Å². The first-order valence-electron chi connectivity index (χ1n) is 7.61. The molecular formula is C18H18N2O4. The molecule has 0 unspecified atom stereocenters. The number of aliphatic hydroxyl groups is 1. The van der Waals surface area contributed by atoms with Crippen LogP contribution in [0.4, 0.5) is 0 Å². The van der Waals surface area contributed by atoms with Gasteiger partial charge in [0.25, 0.3) is 5.91 Å². The first-order valence-corrected chi connectivity index (χ1v) is 7.61. The van der Waals surface area contributed by atoms with Crippen LogP contribution in [0, 0.1) is 6.92 Å². The quantitative estimate of drug-likeness (QED) is 0.753. The number of carbonyl (C=O) groups excluding carboxylic acids is 1. The molecule has 0 saturated carbocycles. The van der Waals surface area contributed by atoms with Crippen molar-refractivity contribution in [2.75, 3.05) is 6.54 Å². The minimum atomic E-state index is -0.920. The molecule has 6 heteroatoms. The van der Waals surface area contributed by atoms with Gasteiger partial charge in [-0.25, -0.2) is 0 Å². The summed E-state index contributed by atoms with van der Waals surface area (Å²) in [5.74, 6) is 0.231. The van der Waals surface area contributed by atoms with E-state index in [4.69, 9.17) is 8.94 Å². The zero-order valence-corrected chi connectivity index (χ0v) is 13.3. The summed E-state index contributed by atoms with van der Waals surface area (Å²) in [7, 11) is 0. The molecule has 2 aromatic heterocycles. The molecule has 0 fully saturated rings. The average Bonchev–Trinajstić information content (AvgIpc) is 3.26. The molecule has 1 atom stereocenters. The molecule has 1 amide bonds. The fourth-order valence-corrected chi connectivity index (χ4v) is 2.42. The van der Waals surface area contributed by atoms with Crippen LogP contribution in [0.3, 0.4) is 0 Å². The molecule has 0 bridgehead atoms. The Labute approximate surface area is 139 Å². The lowest BCUT2D eigenvalue weighted by atomic mass is 10.1. The van der Waals surface area contributed by atoms with Crippen LogP contribution in [0.15, 0.2) is 63.7 Å². The van der Waals surface area contributed by atoms with Crippen molar-refractivity contribution in [3.63, 3.8) is 0 Å². The van der Waals surface area contributed by atoms with Gasteiger partial charge in [0.05, 0.1) is 18.5 Å². The fourth-order valence-electron chi connectivity index (χ4n) is 2.42. The van der Waals surface area contributed by atoms with E-state index in [0.29, 0.717) is 18.0 Å². The molecule has 3 aromatic rings. The number of aliphatic hydroxyl groups excluding tert-OH is 1. The lowest BCUT2D eigenvalue weighted by Gasteiger charge is -2.23. The third-order valence-electron chi connectivity index (χ3n) is 3.61. The molecule has 3 rings (SSSR count). The highest BCUT2D eigenvalue weighted by Crippen LogP contribution is 2.18. The Morgan fingerprint density at radius 2 is 2.04 bits per heavy atom. The number of furan rings is 1. The maximum atomic E-state index is 12.7. The molecule has 1 N–H and O–H groups in total. The SMILES string of the molecule is Cc1cc(C(=O)N(Cc2ccccc2)C[C@@H](O)c2ccco2)on1. The zero-order valence-electron chi connectivity index (χ0n) is 13.3. The number of hydrogen-bond acceptors (Lipinski definition) is 5. The van der Waals surface area contributed by atoms with Crippen LogP contribution in [0.2, 0.25) is 0 Å². The van der Waals surface area contributed by atoms with Crippen LogP contribution in [-0.2, 0) is 6.54 Å². The summed E-state index contributed by atoms with van der Waals surface area (Å²) in [6.07, 6.45) is 0.568. The number of rotatable bonds is 6. The largest absolute Gasteiger partial charge is 0.467 e. The Morgan fingerprint density at radius 3 is 2.67 bits per heavy atom. The number of aromatic nitrogens is 1. The second-order valence-corrected chi connectivity index (χ2v) is 5.54. The number of benzene rings is 1. The van der Waals surface area contributed by atoms with E-state index in [-0.39, 0.29) is 18.2 Å². The van der Waals surface area contributed by atoms with E-state index in [9.17, 15) is 9.90 Å². The second kappa shape index (κ2) is 7.14. The predicted octanol–water partition coefficient (Wildman–Crippen LogP) is 2.95. The van der Waals surface area contributed by atoms with Crippen LogP contribution >= 0.6 is 0 Å². The van der Waals surface area contributed by atoms with Crippen LogP contribution < -0.4 is 0 Å². The highest BCUT2D eigenvalue weighted by Gasteiger charge is 2.24. The van der Waals surface area contributed by atoms with E-state index < -0.39 is 6.10 Å². The summed E-state index contributed by atoms with van der Waals surface area (Å²) in [6, 6.07) is 14.5. The number of nitrogens with zero attached hydrogens (tertiary/aromatic N) is 2. The van der Waals surface area contributed by atoms with Crippen molar-refractivity contribution in [3.05, 3.63) is 77.6 Å². The number of amides is 1. The van der Waals surface area contributed by atoms with Gasteiger partial charge in [-0.05, 0) is 24.6 Å². The number of aryl methyl sites for hydroxylation is 1. The smallest absolute Gasteiger partial charge is 0.292 e. The van der Waals surface area contributed by atoms with Crippen LogP contribution in [-0.4, -0.2) is 27.6 Å². The van der Waals surface area contributed by atoms with Gasteiger partial charge in [-0.3, -0.25) is 4.79 Å². The van der Waals surface area contributed by atoms with Crippen molar-refractivity contribution in [1.82, 2.24) is 10.1 Å². The Balaban J connectivity index is 1.81. The van der Waals surface area contributed by atoms with E-state index in [1.165, 1.54) is 11.2 Å². The Bertz CT molecular complexity index is 780. The summed E-state index contributed by atoms with van der Waals surface area (Å²) in [6.45, 7) is 2.18. The molecule has 0 aliphatic heterocycles. The molecule has 1 aromatic carbocycles. The van der Waals surface area contributed by atoms with Crippen LogP contribution in [0.5, 0.6) is 0 Å². The molecule has 0 aliphatic rings. The minimum Gasteiger partial charge on any atom is -0.467 e. The Hall–Kier alpha value is -2.86. The van der Waals surface area contributed by atoms with Crippen molar-refractivity contribution in [3.8, 4) is 0 Å². The first-order chi connectivity index (χ1) is 11.6. The van der Waals surface area contributed by atoms with Crippen LogP contribution in [0.1, 0.15) is 33.7 Å². The monoisotopic (exact) mass is 326 g/mol. The minimum absolute atomic E-state index is 0.0843. The Morgan fingerprint density at radius 1 is 1.25 bits per heavy atom. The maximum absolute atomic E-state index is 12.7. The Kier molecular flexibility index (Phi) is 4.77. The van der Waals surface area contributed by atoms with Gasteiger partial charge in [-0.1, -0.05) is 35.5 Å². The predicted molar refractivity (Wildman–Crippen MR) is 86.1 cm³/mol. The highest BCUT2D eigenvalue weighted by molar-refractivity contribution is 5.91. The van der Waals surface area contributed by atoms with Crippen LogP contribution in [0.25, 0.3) is 0 Å². The van der Waals surface area contributed by atoms with E-state index in [1.807, 2.05) is 30.3 Å². The van der Waals surface area contributed by atoms with E-state index >= 15 is 0 Å². The molecule has 2 heterocycles. The lowest BCUT2D eigenvalue weighted by molar-refractivity contribution is 0.0527. The molecule has 124 valence electrons. The molecule has 24 heavy (non-hydrogen) atoms. The lowest BCUT2D eigenvalue weighted by Crippen LogP contribution is -2.34. The molecule has 0 radical (unpaired) electrons. The summed E-state index contributed by atoms with van der Waals surface area (Å²) < 4.78 is 10.3. The molecule has 0 saturated heterocycles. The summed E-state index contributed by atoms with van der Waals surface area (Å²) in [5.41, 5.74) is 1.58. The van der Waals surface area contributed by atoms with E-state index in [2.05, 4.69) is 5.16 Å². The van der Waals surface area contributed by atoms with Gasteiger partial charge in [0.15, 0.2) is 0 Å². The van der Waals surface area contributed by atoms with Gasteiger partial charge in [0.2, 0.25) is 5.76 Å². The molecule has 0 spiro atoms. The molecular weight excluding hydrogens is 308 g/mol. The fraction of sp³-hybridized carbons (Fsp3) is 0.222. The summed E-state index contributed by atoms with van der Waals surface area (Å²) in [5, 5.41) is 14.1. The third kappa shape index (κ3) is 3.72. The van der Waals surface area contributed by atoms with Crippen molar-refractivity contribution in [1.29, 1.82) is 0 Å². The van der Waals surface area contributed by atoms with E-state index in [0.717, 1.165) is 5.56 Å². The molecule has 0 aliphatic carbocycles. The standard InChI is InChI=1S/C18H18N2O4/c1-13-10-17(24-19-13)18(22)20(11-14-6-3-2-4-7-14)12-15(21)16-8-5-9-23-16/h2-10,15,21H,11-12H2,1H3/t15-/m1/s1. The van der Waals surface area contributed by atoms with Crippen molar-refractivity contribution >= 4 is 5.91 Å². The van der Waals surface area contributed by atoms with Crippen molar-refractivity contribution < 1.29 is 18.8 Å². The summed E-state index contributed by atoms with van der Waals surface area (Å²) in [4.78, 5) is 14.2. The third-order valence-corrected chi connectivity index (χ3v) is 3.61. The highest BCUT2D eigenvalue weighted by atomic mass is 16.5. The molecule has 6 nitrogen and oxygen atoms in total. The van der Waals surface area contributed by atoms with Gasteiger partial charge < -0.3 is 18.9 Å². The normalized spacial score (nSPS) is 12.1. The first kappa shape index (κ1) is 16.0. The topological polar surface area (TPSA) is 79.7 Å². The van der Waals surface area contributed by atoms with Crippen molar-refractivity contribution in [2.24, 2.45) is 0 Å².